The van der Waals surface area contributed by atoms with Gasteiger partial charge in [-0.2, -0.15) is 0 Å². The summed E-state index contributed by atoms with van der Waals surface area (Å²) < 4.78 is 5.81. The number of hydrogen-bond acceptors (Lipinski definition) is 1. The Balaban J connectivity index is 2.63. The van der Waals surface area contributed by atoms with Gasteiger partial charge in [-0.1, -0.05) is 30.3 Å². The molecule has 0 atom stereocenters. The highest BCUT2D eigenvalue weighted by Crippen LogP contribution is 2.31. The van der Waals surface area contributed by atoms with Gasteiger partial charge in [0.15, 0.2) is 0 Å². The van der Waals surface area contributed by atoms with Crippen molar-refractivity contribution in [2.24, 2.45) is 5.41 Å². The fourth-order valence-electron chi connectivity index (χ4n) is 1.95. The van der Waals surface area contributed by atoms with Crippen molar-refractivity contribution in [3.63, 3.8) is 0 Å². The molecule has 0 amide bonds. The van der Waals surface area contributed by atoms with Crippen LogP contribution in [0.25, 0.3) is 0 Å². The maximum absolute atomic E-state index is 6.18. The second-order valence-electron chi connectivity index (χ2n) is 6.14. The topological polar surface area (TPSA) is 9.23 Å². The standard InChI is InChI=1S/C16H24Cl2O/c1-15(2,3)19-10-9-16(12-17,13-18)11-14-7-5-4-6-8-14/h4-8H,9-13H2,1-3H3. The summed E-state index contributed by atoms with van der Waals surface area (Å²) in [7, 11) is 0. The van der Waals surface area contributed by atoms with E-state index in [2.05, 4.69) is 32.9 Å². The normalized spacial score (nSPS) is 12.7. The summed E-state index contributed by atoms with van der Waals surface area (Å²) in [5.41, 5.74) is 1.08. The van der Waals surface area contributed by atoms with Crippen LogP contribution >= 0.6 is 23.2 Å². The minimum Gasteiger partial charge on any atom is -0.376 e. The predicted octanol–water partition coefficient (Wildman–Crippen LogP) is 4.90. The quantitative estimate of drug-likeness (QED) is 0.651. The lowest BCUT2D eigenvalue weighted by Crippen LogP contribution is -2.31. The van der Waals surface area contributed by atoms with Gasteiger partial charge in [0, 0.05) is 23.8 Å². The Bertz CT molecular complexity index is 353. The van der Waals surface area contributed by atoms with Crippen molar-refractivity contribution in [2.45, 2.75) is 39.2 Å². The van der Waals surface area contributed by atoms with Crippen LogP contribution in [0, 0.1) is 5.41 Å². The van der Waals surface area contributed by atoms with E-state index < -0.39 is 0 Å². The first-order valence-electron chi connectivity index (χ1n) is 6.71. The minimum absolute atomic E-state index is 0.0876. The van der Waals surface area contributed by atoms with Gasteiger partial charge in [0.2, 0.25) is 0 Å². The van der Waals surface area contributed by atoms with Crippen LogP contribution in [0.5, 0.6) is 0 Å². The summed E-state index contributed by atoms with van der Waals surface area (Å²) in [5, 5.41) is 0. The lowest BCUT2D eigenvalue weighted by molar-refractivity contribution is -0.0148. The molecular weight excluding hydrogens is 279 g/mol. The fourth-order valence-corrected chi connectivity index (χ4v) is 2.70. The molecular formula is C16H24Cl2O. The van der Waals surface area contributed by atoms with Crippen LogP contribution in [0.15, 0.2) is 30.3 Å². The maximum atomic E-state index is 6.18. The van der Waals surface area contributed by atoms with Crippen LogP contribution in [0.1, 0.15) is 32.8 Å². The number of halogens is 2. The second kappa shape index (κ2) is 7.52. The van der Waals surface area contributed by atoms with Crippen molar-refractivity contribution in [1.82, 2.24) is 0 Å². The molecule has 19 heavy (non-hydrogen) atoms. The number of rotatable bonds is 7. The summed E-state index contributed by atoms with van der Waals surface area (Å²) >= 11 is 12.4. The van der Waals surface area contributed by atoms with Crippen molar-refractivity contribution in [3.05, 3.63) is 35.9 Å². The van der Waals surface area contributed by atoms with E-state index in [9.17, 15) is 0 Å². The average molecular weight is 303 g/mol. The summed E-state index contributed by atoms with van der Waals surface area (Å²) in [6, 6.07) is 10.4. The fraction of sp³-hybridized carbons (Fsp3) is 0.625. The molecule has 0 aliphatic rings. The molecule has 1 aromatic carbocycles. The largest absolute Gasteiger partial charge is 0.376 e. The highest BCUT2D eigenvalue weighted by atomic mass is 35.5. The third kappa shape index (κ3) is 6.16. The Labute approximate surface area is 127 Å². The van der Waals surface area contributed by atoms with E-state index in [1.54, 1.807) is 0 Å². The van der Waals surface area contributed by atoms with Crippen molar-refractivity contribution in [3.8, 4) is 0 Å². The van der Waals surface area contributed by atoms with E-state index >= 15 is 0 Å². The van der Waals surface area contributed by atoms with E-state index in [0.717, 1.165) is 12.8 Å². The third-order valence-corrected chi connectivity index (χ3v) is 4.29. The molecule has 1 nitrogen and oxygen atoms in total. The number of benzene rings is 1. The smallest absolute Gasteiger partial charge is 0.0598 e. The molecule has 1 aromatic rings. The van der Waals surface area contributed by atoms with Crippen LogP contribution < -0.4 is 0 Å². The minimum atomic E-state index is -0.114. The first-order chi connectivity index (χ1) is 8.91. The molecule has 0 spiro atoms. The van der Waals surface area contributed by atoms with Crippen LogP contribution in [-0.2, 0) is 11.2 Å². The van der Waals surface area contributed by atoms with Gasteiger partial charge in [-0.05, 0) is 39.2 Å². The van der Waals surface area contributed by atoms with Gasteiger partial charge in [0.05, 0.1) is 5.60 Å². The molecule has 0 fully saturated rings. The van der Waals surface area contributed by atoms with E-state index in [4.69, 9.17) is 27.9 Å². The van der Waals surface area contributed by atoms with Crippen molar-refractivity contribution in [1.29, 1.82) is 0 Å². The summed E-state index contributed by atoms with van der Waals surface area (Å²) in [4.78, 5) is 0. The molecule has 0 heterocycles. The molecule has 0 N–H and O–H groups in total. The maximum Gasteiger partial charge on any atom is 0.0598 e. The molecule has 0 saturated heterocycles. The van der Waals surface area contributed by atoms with E-state index in [1.165, 1.54) is 5.56 Å². The zero-order valence-electron chi connectivity index (χ0n) is 12.1. The molecule has 0 bridgehead atoms. The Morgan fingerprint density at radius 2 is 1.58 bits per heavy atom. The Kier molecular flexibility index (Phi) is 6.65. The monoisotopic (exact) mass is 302 g/mol. The zero-order valence-corrected chi connectivity index (χ0v) is 13.6. The lowest BCUT2D eigenvalue weighted by atomic mass is 9.82. The molecule has 0 radical (unpaired) electrons. The third-order valence-electron chi connectivity index (χ3n) is 3.16. The predicted molar refractivity (Wildman–Crippen MR) is 84.3 cm³/mol. The Morgan fingerprint density at radius 3 is 2.05 bits per heavy atom. The highest BCUT2D eigenvalue weighted by molar-refractivity contribution is 6.21. The first-order valence-corrected chi connectivity index (χ1v) is 7.77. The van der Waals surface area contributed by atoms with Crippen molar-refractivity contribution < 1.29 is 4.74 Å². The zero-order chi connectivity index (χ0) is 14.4. The van der Waals surface area contributed by atoms with E-state index in [1.807, 2.05) is 18.2 Å². The van der Waals surface area contributed by atoms with E-state index in [0.29, 0.717) is 18.4 Å². The van der Waals surface area contributed by atoms with Gasteiger partial charge >= 0.3 is 0 Å². The summed E-state index contributed by atoms with van der Waals surface area (Å²) in [5.74, 6) is 1.11. The number of ether oxygens (including phenoxy) is 1. The number of alkyl halides is 2. The molecule has 1 rings (SSSR count). The van der Waals surface area contributed by atoms with Crippen LogP contribution in [0.3, 0.4) is 0 Å². The lowest BCUT2D eigenvalue weighted by Gasteiger charge is -2.31. The molecule has 0 aromatic heterocycles. The molecule has 0 aliphatic carbocycles. The SMILES string of the molecule is CC(C)(C)OCCC(CCl)(CCl)Cc1ccccc1. The summed E-state index contributed by atoms with van der Waals surface area (Å²) in [6.45, 7) is 6.88. The van der Waals surface area contributed by atoms with Gasteiger partial charge in [-0.3, -0.25) is 0 Å². The molecule has 108 valence electrons. The first kappa shape index (κ1) is 16.8. The average Bonchev–Trinajstić information content (AvgIpc) is 2.37. The Morgan fingerprint density at radius 1 is 1.00 bits per heavy atom. The van der Waals surface area contributed by atoms with Gasteiger partial charge in [0.25, 0.3) is 0 Å². The molecule has 0 aliphatic heterocycles. The number of hydrogen-bond donors (Lipinski definition) is 0. The van der Waals surface area contributed by atoms with Gasteiger partial charge < -0.3 is 4.74 Å². The molecule has 3 heteroatoms. The molecule has 0 unspecified atom stereocenters. The second-order valence-corrected chi connectivity index (χ2v) is 6.67. The van der Waals surface area contributed by atoms with Gasteiger partial charge in [0.1, 0.15) is 0 Å². The van der Waals surface area contributed by atoms with Crippen molar-refractivity contribution in [2.75, 3.05) is 18.4 Å². The van der Waals surface area contributed by atoms with Crippen molar-refractivity contribution >= 4 is 23.2 Å². The van der Waals surface area contributed by atoms with Gasteiger partial charge in [-0.15, -0.1) is 23.2 Å². The summed E-state index contributed by atoms with van der Waals surface area (Å²) in [6.07, 6.45) is 1.78. The van der Waals surface area contributed by atoms with Gasteiger partial charge in [-0.25, -0.2) is 0 Å². The van der Waals surface area contributed by atoms with Crippen LogP contribution in [0.2, 0.25) is 0 Å². The van der Waals surface area contributed by atoms with E-state index in [-0.39, 0.29) is 11.0 Å². The van der Waals surface area contributed by atoms with Crippen LogP contribution in [0.4, 0.5) is 0 Å². The van der Waals surface area contributed by atoms with Crippen LogP contribution in [-0.4, -0.2) is 24.0 Å². The highest BCUT2D eigenvalue weighted by Gasteiger charge is 2.29. The molecule has 0 saturated carbocycles. The Hall–Kier alpha value is -0.240.